The molecule has 4 nitrogen and oxygen atoms in total. The van der Waals surface area contributed by atoms with Crippen molar-refractivity contribution in [1.29, 1.82) is 0 Å². The molecule has 1 aromatic heterocycles. The number of hydrogen-bond donors (Lipinski definition) is 1. The molecule has 20 heavy (non-hydrogen) atoms. The number of amides is 1. The smallest absolute Gasteiger partial charge is 0.254 e. The van der Waals surface area contributed by atoms with Crippen molar-refractivity contribution in [1.82, 2.24) is 9.88 Å². The number of anilines is 1. The zero-order chi connectivity index (χ0) is 14.5. The van der Waals surface area contributed by atoms with Crippen LogP contribution in [0.15, 0.2) is 12.1 Å². The average molecular weight is 275 g/mol. The van der Waals surface area contributed by atoms with Gasteiger partial charge in [-0.2, -0.15) is 0 Å². The topological polar surface area (TPSA) is 45.2 Å². The van der Waals surface area contributed by atoms with Crippen LogP contribution >= 0.6 is 0 Å². The minimum Gasteiger partial charge on any atom is -0.373 e. The molecule has 1 fully saturated rings. The Kier molecular flexibility index (Phi) is 4.99. The maximum atomic E-state index is 12.8. The van der Waals surface area contributed by atoms with Crippen LogP contribution in [0.3, 0.4) is 0 Å². The van der Waals surface area contributed by atoms with Crippen LogP contribution in [0.1, 0.15) is 55.1 Å². The van der Waals surface area contributed by atoms with Crippen LogP contribution in [0.4, 0.5) is 5.82 Å². The molecule has 0 bridgehead atoms. The van der Waals surface area contributed by atoms with E-state index in [4.69, 9.17) is 0 Å². The summed E-state index contributed by atoms with van der Waals surface area (Å²) in [5.74, 6) is 0.898. The van der Waals surface area contributed by atoms with Crippen molar-refractivity contribution in [2.24, 2.45) is 0 Å². The van der Waals surface area contributed by atoms with Gasteiger partial charge in [0.15, 0.2) is 0 Å². The Hall–Kier alpha value is -1.58. The van der Waals surface area contributed by atoms with E-state index < -0.39 is 0 Å². The van der Waals surface area contributed by atoms with Gasteiger partial charge in [0.1, 0.15) is 5.82 Å². The summed E-state index contributed by atoms with van der Waals surface area (Å²) >= 11 is 0. The van der Waals surface area contributed by atoms with Crippen LogP contribution in [0.25, 0.3) is 0 Å². The average Bonchev–Trinajstić information content (AvgIpc) is 2.48. The molecule has 4 heteroatoms. The number of carbonyl (C=O) groups excluding carboxylic acids is 1. The van der Waals surface area contributed by atoms with E-state index in [1.54, 1.807) is 0 Å². The molecule has 0 radical (unpaired) electrons. The Morgan fingerprint density at radius 1 is 1.35 bits per heavy atom. The normalized spacial score (nSPS) is 15.9. The van der Waals surface area contributed by atoms with E-state index in [1.807, 2.05) is 31.0 Å². The van der Waals surface area contributed by atoms with Gasteiger partial charge in [-0.05, 0) is 38.8 Å². The number of pyridine rings is 1. The molecule has 1 aliphatic rings. The second-order valence-corrected chi connectivity index (χ2v) is 5.52. The second-order valence-electron chi connectivity index (χ2n) is 5.52. The van der Waals surface area contributed by atoms with Gasteiger partial charge in [0, 0.05) is 30.9 Å². The molecular formula is C16H25N3O. The van der Waals surface area contributed by atoms with Gasteiger partial charge in [0.2, 0.25) is 0 Å². The van der Waals surface area contributed by atoms with Crippen LogP contribution in [0, 0.1) is 6.92 Å². The lowest BCUT2D eigenvalue weighted by Crippen LogP contribution is -2.41. The summed E-state index contributed by atoms with van der Waals surface area (Å²) in [6, 6.07) is 4.14. The molecule has 1 amide bonds. The van der Waals surface area contributed by atoms with Crippen molar-refractivity contribution >= 4 is 11.7 Å². The fourth-order valence-electron chi connectivity index (χ4n) is 3.05. The van der Waals surface area contributed by atoms with E-state index in [9.17, 15) is 4.79 Å². The third-order valence-corrected chi connectivity index (χ3v) is 4.07. The van der Waals surface area contributed by atoms with Gasteiger partial charge < -0.3 is 10.2 Å². The maximum absolute atomic E-state index is 12.8. The van der Waals surface area contributed by atoms with Crippen LogP contribution in [0.5, 0.6) is 0 Å². The first-order chi connectivity index (χ1) is 9.65. The first kappa shape index (κ1) is 14.8. The van der Waals surface area contributed by atoms with Crippen molar-refractivity contribution in [3.05, 3.63) is 23.4 Å². The van der Waals surface area contributed by atoms with Gasteiger partial charge >= 0.3 is 0 Å². The van der Waals surface area contributed by atoms with Crippen molar-refractivity contribution in [3.8, 4) is 0 Å². The van der Waals surface area contributed by atoms with Gasteiger partial charge in [-0.1, -0.05) is 19.3 Å². The highest BCUT2D eigenvalue weighted by atomic mass is 16.2. The third kappa shape index (κ3) is 3.30. The van der Waals surface area contributed by atoms with Crippen LogP contribution < -0.4 is 5.32 Å². The lowest BCUT2D eigenvalue weighted by Gasteiger charge is -2.33. The van der Waals surface area contributed by atoms with Crippen LogP contribution in [0.2, 0.25) is 0 Å². The molecule has 0 aliphatic heterocycles. The number of aromatic nitrogens is 1. The zero-order valence-electron chi connectivity index (χ0n) is 12.8. The number of nitrogens with zero attached hydrogens (tertiary/aromatic N) is 2. The van der Waals surface area contributed by atoms with Gasteiger partial charge in [-0.25, -0.2) is 4.98 Å². The largest absolute Gasteiger partial charge is 0.373 e. The molecule has 0 saturated heterocycles. The highest BCUT2D eigenvalue weighted by molar-refractivity contribution is 5.95. The standard InChI is InChI=1S/C16H25N3O/c1-4-19(14-8-6-5-7-9-14)16(20)13-10-12(2)18-15(11-13)17-3/h10-11,14H,4-9H2,1-3H3,(H,17,18). The first-order valence-corrected chi connectivity index (χ1v) is 7.63. The molecule has 1 N–H and O–H groups in total. The van der Waals surface area contributed by atoms with Gasteiger partial charge in [0.05, 0.1) is 0 Å². The van der Waals surface area contributed by atoms with Gasteiger partial charge in [-0.3, -0.25) is 4.79 Å². The fourth-order valence-corrected chi connectivity index (χ4v) is 3.05. The lowest BCUT2D eigenvalue weighted by molar-refractivity contribution is 0.0648. The van der Waals surface area contributed by atoms with E-state index in [2.05, 4.69) is 17.2 Å². The van der Waals surface area contributed by atoms with Crippen molar-refractivity contribution in [3.63, 3.8) is 0 Å². The van der Waals surface area contributed by atoms with Gasteiger partial charge in [-0.15, -0.1) is 0 Å². The molecule has 0 spiro atoms. The van der Waals surface area contributed by atoms with Crippen LogP contribution in [-0.2, 0) is 0 Å². The first-order valence-electron chi connectivity index (χ1n) is 7.63. The Labute approximate surface area is 121 Å². The predicted octanol–water partition coefficient (Wildman–Crippen LogP) is 3.23. The summed E-state index contributed by atoms with van der Waals surface area (Å²) in [5, 5.41) is 3.02. The van der Waals surface area contributed by atoms with Crippen molar-refractivity contribution in [2.45, 2.75) is 52.0 Å². The van der Waals surface area contributed by atoms with E-state index in [0.717, 1.165) is 36.5 Å². The Bertz CT molecular complexity index is 467. The van der Waals surface area contributed by atoms with Crippen molar-refractivity contribution < 1.29 is 4.79 Å². The minimum atomic E-state index is 0.140. The molecule has 2 rings (SSSR count). The summed E-state index contributed by atoms with van der Waals surface area (Å²) in [4.78, 5) is 19.2. The fraction of sp³-hybridized carbons (Fsp3) is 0.625. The molecule has 0 unspecified atom stereocenters. The number of nitrogens with one attached hydrogen (secondary N) is 1. The Morgan fingerprint density at radius 3 is 2.65 bits per heavy atom. The monoisotopic (exact) mass is 275 g/mol. The number of carbonyl (C=O) groups is 1. The molecule has 1 aliphatic carbocycles. The molecule has 1 saturated carbocycles. The molecule has 110 valence electrons. The predicted molar refractivity (Wildman–Crippen MR) is 82.1 cm³/mol. The summed E-state index contributed by atoms with van der Waals surface area (Å²) in [5.41, 5.74) is 1.62. The summed E-state index contributed by atoms with van der Waals surface area (Å²) in [6.07, 6.45) is 6.07. The molecule has 0 aromatic carbocycles. The highest BCUT2D eigenvalue weighted by Crippen LogP contribution is 2.24. The molecule has 0 atom stereocenters. The number of hydrogen-bond acceptors (Lipinski definition) is 3. The summed E-state index contributed by atoms with van der Waals surface area (Å²) < 4.78 is 0. The molecule has 1 heterocycles. The molecular weight excluding hydrogens is 250 g/mol. The minimum absolute atomic E-state index is 0.140. The van der Waals surface area contributed by atoms with Crippen molar-refractivity contribution in [2.75, 3.05) is 18.9 Å². The Morgan fingerprint density at radius 2 is 2.05 bits per heavy atom. The maximum Gasteiger partial charge on any atom is 0.254 e. The molecule has 1 aromatic rings. The number of aryl methyl sites for hydroxylation is 1. The lowest BCUT2D eigenvalue weighted by atomic mass is 9.93. The summed E-state index contributed by atoms with van der Waals surface area (Å²) in [6.45, 7) is 4.77. The highest BCUT2D eigenvalue weighted by Gasteiger charge is 2.25. The van der Waals surface area contributed by atoms with E-state index in [1.165, 1.54) is 19.3 Å². The third-order valence-electron chi connectivity index (χ3n) is 4.07. The quantitative estimate of drug-likeness (QED) is 0.917. The van der Waals surface area contributed by atoms with E-state index >= 15 is 0 Å². The Balaban J connectivity index is 2.21. The zero-order valence-corrected chi connectivity index (χ0v) is 12.8. The van der Waals surface area contributed by atoms with Crippen LogP contribution in [-0.4, -0.2) is 35.4 Å². The van der Waals surface area contributed by atoms with E-state index in [-0.39, 0.29) is 5.91 Å². The summed E-state index contributed by atoms with van der Waals surface area (Å²) in [7, 11) is 1.83. The second kappa shape index (κ2) is 6.73. The number of rotatable bonds is 4. The van der Waals surface area contributed by atoms with E-state index in [0.29, 0.717) is 6.04 Å². The SMILES string of the molecule is CCN(C(=O)c1cc(C)nc(NC)c1)C1CCCCC1. The van der Waals surface area contributed by atoms with Gasteiger partial charge in [0.25, 0.3) is 5.91 Å².